The van der Waals surface area contributed by atoms with Gasteiger partial charge in [0.1, 0.15) is 0 Å². The maximum atomic E-state index is 4.36. The van der Waals surface area contributed by atoms with Crippen LogP contribution in [0.25, 0.3) is 11.6 Å². The largest absolute Gasteiger partial charge is 0.306 e. The van der Waals surface area contributed by atoms with Crippen LogP contribution >= 0.6 is 0 Å². The Morgan fingerprint density at radius 3 is 2.56 bits per heavy atom. The Hall–Kier alpha value is -1.67. The van der Waals surface area contributed by atoms with E-state index in [0.29, 0.717) is 10.8 Å². The normalized spacial score (nSPS) is 39.5. The molecule has 4 aliphatic rings. The number of fused-ring (bicyclic) bond motifs is 5. The van der Waals surface area contributed by atoms with E-state index in [9.17, 15) is 0 Å². The van der Waals surface area contributed by atoms with Crippen LogP contribution in [0.5, 0.6) is 0 Å². The van der Waals surface area contributed by atoms with Gasteiger partial charge in [-0.1, -0.05) is 50.6 Å². The molecule has 184 valence electrons. The first kappa shape index (κ1) is 24.0. The number of benzene rings is 1. The van der Waals surface area contributed by atoms with Crippen molar-refractivity contribution in [2.45, 2.75) is 84.6 Å². The quantitative estimate of drug-likeness (QED) is 0.404. The summed E-state index contributed by atoms with van der Waals surface area (Å²) in [5.41, 5.74) is 6.16. The maximum Gasteiger partial charge on any atom is 0.0700 e. The van der Waals surface area contributed by atoms with Gasteiger partial charge in [-0.25, -0.2) is 0 Å². The third-order valence-electron chi connectivity index (χ3n) is 11.1. The second-order valence-electron chi connectivity index (χ2n) is 12.4. The molecule has 0 bridgehead atoms. The van der Waals surface area contributed by atoms with E-state index in [0.717, 1.165) is 35.4 Å². The van der Waals surface area contributed by atoms with Crippen molar-refractivity contribution in [3.8, 4) is 0 Å². The van der Waals surface area contributed by atoms with Gasteiger partial charge in [0.25, 0.3) is 0 Å². The summed E-state index contributed by atoms with van der Waals surface area (Å²) < 4.78 is 0. The molecule has 5 rings (SSSR count). The highest BCUT2D eigenvalue weighted by Gasteiger charge is 2.58. The molecule has 3 saturated carbocycles. The Morgan fingerprint density at radius 2 is 1.85 bits per heavy atom. The third-order valence-corrected chi connectivity index (χ3v) is 11.1. The van der Waals surface area contributed by atoms with Crippen molar-refractivity contribution in [3.05, 3.63) is 41.5 Å². The monoisotopic (exact) mass is 458 g/mol. The number of hydrogen-bond donors (Lipinski definition) is 0. The topological polar surface area (TPSA) is 15.6 Å². The second-order valence-corrected chi connectivity index (χ2v) is 12.4. The molecule has 0 aliphatic heterocycles. The number of hydrogen-bond acceptors (Lipinski definition) is 2. The smallest absolute Gasteiger partial charge is 0.0700 e. The molecule has 0 amide bonds. The van der Waals surface area contributed by atoms with Gasteiger partial charge in [0.15, 0.2) is 0 Å². The highest BCUT2D eigenvalue weighted by molar-refractivity contribution is 5.84. The van der Waals surface area contributed by atoms with Crippen LogP contribution in [0, 0.1) is 34.5 Å². The van der Waals surface area contributed by atoms with E-state index in [1.165, 1.54) is 68.9 Å². The Bertz CT molecular complexity index is 987. The van der Waals surface area contributed by atoms with Gasteiger partial charge >= 0.3 is 0 Å². The maximum absolute atomic E-state index is 4.36. The highest BCUT2D eigenvalue weighted by atomic mass is 15.1. The first-order valence-electron chi connectivity index (χ1n) is 14.0. The van der Waals surface area contributed by atoms with Gasteiger partial charge in [-0.15, -0.1) is 0 Å². The van der Waals surface area contributed by atoms with Gasteiger partial charge in [0.2, 0.25) is 0 Å². The predicted octanol–water partition coefficient (Wildman–Crippen LogP) is 8.41. The van der Waals surface area contributed by atoms with Crippen LogP contribution in [0.15, 0.2) is 35.3 Å². The Balaban J connectivity index is 1.44. The van der Waals surface area contributed by atoms with Gasteiger partial charge in [-0.05, 0) is 131 Å². The van der Waals surface area contributed by atoms with E-state index in [2.05, 4.69) is 87.9 Å². The first-order chi connectivity index (χ1) is 16.4. The molecular weight excluding hydrogens is 412 g/mol. The molecule has 7 atom stereocenters. The molecule has 0 N–H and O–H groups in total. The molecule has 0 heterocycles. The van der Waals surface area contributed by atoms with Crippen LogP contribution in [-0.2, 0) is 0 Å². The van der Waals surface area contributed by atoms with E-state index in [1.807, 2.05) is 0 Å². The van der Waals surface area contributed by atoms with Crippen LogP contribution in [-0.4, -0.2) is 31.8 Å². The predicted molar refractivity (Wildman–Crippen MR) is 148 cm³/mol. The molecule has 2 heteroatoms. The van der Waals surface area contributed by atoms with Gasteiger partial charge in [0.05, 0.1) is 5.69 Å². The van der Waals surface area contributed by atoms with Gasteiger partial charge in [0, 0.05) is 11.6 Å². The molecule has 0 saturated heterocycles. The van der Waals surface area contributed by atoms with Gasteiger partial charge < -0.3 is 4.90 Å². The fourth-order valence-corrected chi connectivity index (χ4v) is 9.32. The van der Waals surface area contributed by atoms with E-state index in [4.69, 9.17) is 0 Å². The fourth-order valence-electron chi connectivity index (χ4n) is 9.32. The highest BCUT2D eigenvalue weighted by Crippen LogP contribution is 2.67. The Kier molecular flexibility index (Phi) is 6.42. The number of allylic oxidation sites excluding steroid dienone is 3. The van der Waals surface area contributed by atoms with Crippen molar-refractivity contribution in [3.63, 3.8) is 0 Å². The van der Waals surface area contributed by atoms with Crippen LogP contribution in [0.1, 0.15) is 89.7 Å². The summed E-state index contributed by atoms with van der Waals surface area (Å²) in [6.45, 7) is 11.1. The minimum atomic E-state index is 0.296. The average molecular weight is 459 g/mol. The lowest BCUT2D eigenvalue weighted by Crippen LogP contribution is -2.54. The zero-order chi connectivity index (χ0) is 24.1. The zero-order valence-corrected chi connectivity index (χ0v) is 22.3. The summed E-state index contributed by atoms with van der Waals surface area (Å²) in [5, 5.41) is 0. The minimum Gasteiger partial charge on any atom is -0.306 e. The number of rotatable bonds is 5. The van der Waals surface area contributed by atoms with Gasteiger partial charge in [-0.2, -0.15) is 0 Å². The lowest BCUT2D eigenvalue weighted by Gasteiger charge is -2.61. The van der Waals surface area contributed by atoms with Crippen LogP contribution in [0.2, 0.25) is 0 Å². The summed E-state index contributed by atoms with van der Waals surface area (Å²) in [6.07, 6.45) is 19.6. The van der Waals surface area contributed by atoms with Crippen molar-refractivity contribution in [1.82, 2.24) is 4.90 Å². The number of nitrogens with zero attached hydrogens (tertiary/aromatic N) is 2. The SMILES string of the molecule is C=Nc1cccc(C2=CCC3C4CCC5(CC)CC(N(C)C)CCC5C4CCC23C)c1/C=C\C. The van der Waals surface area contributed by atoms with Crippen LogP contribution in [0.4, 0.5) is 5.69 Å². The summed E-state index contributed by atoms with van der Waals surface area (Å²) in [5.74, 6) is 3.60. The lowest BCUT2D eigenvalue weighted by atomic mass is 9.45. The summed E-state index contributed by atoms with van der Waals surface area (Å²) >= 11 is 0. The summed E-state index contributed by atoms with van der Waals surface area (Å²) in [7, 11) is 4.60. The van der Waals surface area contributed by atoms with E-state index < -0.39 is 0 Å². The van der Waals surface area contributed by atoms with Crippen molar-refractivity contribution in [1.29, 1.82) is 0 Å². The second kappa shape index (κ2) is 9.08. The zero-order valence-electron chi connectivity index (χ0n) is 22.3. The molecule has 0 aromatic heterocycles. The first-order valence-corrected chi connectivity index (χ1v) is 14.0. The third kappa shape index (κ3) is 3.58. The molecule has 0 radical (unpaired) electrons. The molecule has 2 nitrogen and oxygen atoms in total. The average Bonchev–Trinajstić information content (AvgIpc) is 3.20. The van der Waals surface area contributed by atoms with Gasteiger partial charge in [-0.3, -0.25) is 4.99 Å². The van der Waals surface area contributed by atoms with Crippen LogP contribution < -0.4 is 0 Å². The van der Waals surface area contributed by atoms with Crippen molar-refractivity contribution in [2.24, 2.45) is 39.5 Å². The molecule has 1 aromatic carbocycles. The Labute approximate surface area is 208 Å². The molecule has 1 aromatic rings. The Morgan fingerprint density at radius 1 is 1.09 bits per heavy atom. The van der Waals surface area contributed by atoms with Crippen LogP contribution in [0.3, 0.4) is 0 Å². The lowest BCUT2D eigenvalue weighted by molar-refractivity contribution is -0.102. The molecule has 0 spiro atoms. The minimum absolute atomic E-state index is 0.296. The summed E-state index contributed by atoms with van der Waals surface area (Å²) in [6, 6.07) is 7.40. The standard InChI is InChI=1S/C32H46N2/c1-7-10-26-23(11-9-12-30(26)33-4)27-15-16-28-24-18-20-32(8-2)21-22(34(5)6)13-14-29(32)25(24)17-19-31(27,28)3/h7,9-12,15,22,24-25,28-29H,4,8,13-14,16-21H2,1-3,5-6H3/b10-7-. The van der Waals surface area contributed by atoms with Crippen molar-refractivity contribution >= 4 is 24.1 Å². The van der Waals surface area contributed by atoms with Crippen molar-refractivity contribution < 1.29 is 0 Å². The number of aliphatic imine (C=N–C) groups is 1. The van der Waals surface area contributed by atoms with Crippen molar-refractivity contribution in [2.75, 3.05) is 14.1 Å². The molecule has 4 aliphatic carbocycles. The van der Waals surface area contributed by atoms with E-state index >= 15 is 0 Å². The fraction of sp³-hybridized carbons (Fsp3) is 0.656. The molecule has 7 unspecified atom stereocenters. The molecular formula is C32H46N2. The molecule has 3 fully saturated rings. The molecule has 34 heavy (non-hydrogen) atoms. The summed E-state index contributed by atoms with van der Waals surface area (Å²) in [4.78, 5) is 6.88. The van der Waals surface area contributed by atoms with E-state index in [1.54, 1.807) is 5.57 Å². The van der Waals surface area contributed by atoms with E-state index in [-0.39, 0.29) is 0 Å².